The number of nitrogens with one attached hydrogen (secondary N) is 1. The molecule has 0 saturated carbocycles. The Morgan fingerprint density at radius 3 is 3.36 bits per heavy atom. The van der Waals surface area contributed by atoms with Crippen LogP contribution >= 0.6 is 0 Å². The Morgan fingerprint density at radius 1 is 1.64 bits per heavy atom. The number of aldehydes is 1. The maximum atomic E-state index is 10.5. The zero-order valence-corrected chi connectivity index (χ0v) is 6.00. The van der Waals surface area contributed by atoms with Gasteiger partial charge in [0.15, 0.2) is 6.29 Å². The van der Waals surface area contributed by atoms with E-state index >= 15 is 0 Å². The highest BCUT2D eigenvalue weighted by Crippen LogP contribution is 2.24. The van der Waals surface area contributed by atoms with Crippen LogP contribution in [0.5, 0.6) is 0 Å². The van der Waals surface area contributed by atoms with Crippen LogP contribution < -0.4 is 0 Å². The van der Waals surface area contributed by atoms with Gasteiger partial charge in [0.25, 0.3) is 0 Å². The average molecular weight is 148 g/mol. The Balaban J connectivity index is 2.55. The van der Waals surface area contributed by atoms with Gasteiger partial charge in [-0.25, -0.2) is 4.99 Å². The van der Waals surface area contributed by atoms with Crippen LogP contribution in [0.15, 0.2) is 11.2 Å². The fourth-order valence-electron chi connectivity index (χ4n) is 1.30. The van der Waals surface area contributed by atoms with Crippen LogP contribution in [0, 0.1) is 0 Å². The van der Waals surface area contributed by atoms with Gasteiger partial charge < -0.3 is 4.98 Å². The second-order valence-corrected chi connectivity index (χ2v) is 2.54. The molecule has 11 heavy (non-hydrogen) atoms. The number of aromatic nitrogens is 1. The Labute approximate surface area is 64.2 Å². The molecule has 0 aliphatic carbocycles. The number of aliphatic imine (C=N–C) groups is 1. The largest absolute Gasteiger partial charge is 0.346 e. The lowest BCUT2D eigenvalue weighted by Gasteiger charge is -2.02. The lowest BCUT2D eigenvalue weighted by molar-refractivity contribution is 0.112. The van der Waals surface area contributed by atoms with Gasteiger partial charge in [0, 0.05) is 23.5 Å². The number of rotatable bonds is 1. The maximum absolute atomic E-state index is 10.5. The number of H-pyrrole nitrogens is 1. The predicted octanol–water partition coefficient (Wildman–Crippen LogP) is 1.48. The van der Waals surface area contributed by atoms with Gasteiger partial charge in [-0.1, -0.05) is 0 Å². The van der Waals surface area contributed by atoms with Crippen molar-refractivity contribution < 1.29 is 4.79 Å². The second kappa shape index (κ2) is 2.34. The van der Waals surface area contributed by atoms with Crippen LogP contribution in [0.25, 0.3) is 0 Å². The SMILES string of the molecule is O=Cc1c[nH]c2c1CCC=N2. The highest BCUT2D eigenvalue weighted by Gasteiger charge is 2.11. The normalized spacial score (nSPS) is 14.5. The molecule has 1 aromatic heterocycles. The van der Waals surface area contributed by atoms with Gasteiger partial charge in [-0.05, 0) is 12.8 Å². The van der Waals surface area contributed by atoms with Gasteiger partial charge in [-0.2, -0.15) is 0 Å². The molecule has 0 radical (unpaired) electrons. The van der Waals surface area contributed by atoms with Crippen LogP contribution in [-0.2, 0) is 6.42 Å². The summed E-state index contributed by atoms with van der Waals surface area (Å²) in [6.07, 6.45) is 6.31. The van der Waals surface area contributed by atoms with Gasteiger partial charge in [0.2, 0.25) is 0 Å². The molecule has 0 fully saturated rings. The van der Waals surface area contributed by atoms with Crippen LogP contribution in [0.4, 0.5) is 5.82 Å². The summed E-state index contributed by atoms with van der Waals surface area (Å²) in [6, 6.07) is 0. The molecule has 0 saturated heterocycles. The summed E-state index contributed by atoms with van der Waals surface area (Å²) < 4.78 is 0. The summed E-state index contributed by atoms with van der Waals surface area (Å²) in [5.74, 6) is 0.846. The number of carbonyl (C=O) groups excluding carboxylic acids is 1. The molecule has 3 nitrogen and oxygen atoms in total. The molecular formula is C8H8N2O. The van der Waals surface area contributed by atoms with E-state index in [1.807, 2.05) is 6.21 Å². The lowest BCUT2D eigenvalue weighted by Crippen LogP contribution is -1.93. The van der Waals surface area contributed by atoms with Crippen molar-refractivity contribution in [3.05, 3.63) is 17.3 Å². The van der Waals surface area contributed by atoms with Gasteiger partial charge >= 0.3 is 0 Å². The summed E-state index contributed by atoms with van der Waals surface area (Å²) in [5, 5.41) is 0. The standard InChI is InChI=1S/C8H8N2O/c11-5-6-4-10-8-7(6)2-1-3-9-8/h3-5,10H,1-2H2. The van der Waals surface area contributed by atoms with Crippen molar-refractivity contribution in [1.29, 1.82) is 0 Å². The van der Waals surface area contributed by atoms with E-state index < -0.39 is 0 Å². The molecule has 1 aromatic rings. The first-order valence-corrected chi connectivity index (χ1v) is 3.60. The summed E-state index contributed by atoms with van der Waals surface area (Å²) in [5.41, 5.74) is 1.80. The molecular weight excluding hydrogens is 140 g/mol. The number of carbonyl (C=O) groups is 1. The van der Waals surface area contributed by atoms with Gasteiger partial charge in [0.05, 0.1) is 0 Å². The van der Waals surface area contributed by atoms with Crippen LogP contribution in [0.1, 0.15) is 22.3 Å². The van der Waals surface area contributed by atoms with E-state index in [1.54, 1.807) is 6.20 Å². The summed E-state index contributed by atoms with van der Waals surface area (Å²) in [4.78, 5) is 17.5. The predicted molar refractivity (Wildman–Crippen MR) is 42.7 cm³/mol. The van der Waals surface area contributed by atoms with E-state index in [9.17, 15) is 4.79 Å². The first kappa shape index (κ1) is 6.34. The van der Waals surface area contributed by atoms with Crippen LogP contribution in [-0.4, -0.2) is 17.5 Å². The van der Waals surface area contributed by atoms with E-state index in [0.29, 0.717) is 0 Å². The third kappa shape index (κ3) is 0.888. The van der Waals surface area contributed by atoms with Crippen molar-refractivity contribution in [3.63, 3.8) is 0 Å². The quantitative estimate of drug-likeness (QED) is 0.602. The van der Waals surface area contributed by atoms with Crippen molar-refractivity contribution in [2.24, 2.45) is 4.99 Å². The van der Waals surface area contributed by atoms with E-state index in [-0.39, 0.29) is 0 Å². The minimum atomic E-state index is 0.747. The number of aromatic amines is 1. The molecule has 0 amide bonds. The third-order valence-electron chi connectivity index (χ3n) is 1.87. The topological polar surface area (TPSA) is 45.2 Å². The minimum Gasteiger partial charge on any atom is -0.346 e. The van der Waals surface area contributed by atoms with E-state index in [4.69, 9.17) is 0 Å². The molecule has 2 heterocycles. The molecule has 0 atom stereocenters. The first-order valence-electron chi connectivity index (χ1n) is 3.60. The Bertz CT molecular complexity index is 312. The van der Waals surface area contributed by atoms with Gasteiger partial charge in [-0.15, -0.1) is 0 Å². The molecule has 0 spiro atoms. The Hall–Kier alpha value is -1.38. The smallest absolute Gasteiger partial charge is 0.151 e. The van der Waals surface area contributed by atoms with E-state index in [2.05, 4.69) is 9.98 Å². The summed E-state index contributed by atoms with van der Waals surface area (Å²) in [6.45, 7) is 0. The molecule has 56 valence electrons. The fraction of sp³-hybridized carbons (Fsp3) is 0.250. The molecule has 0 bridgehead atoms. The van der Waals surface area contributed by atoms with Crippen molar-refractivity contribution in [2.45, 2.75) is 12.8 Å². The molecule has 3 heteroatoms. The monoisotopic (exact) mass is 148 g/mol. The molecule has 1 aliphatic heterocycles. The zero-order valence-electron chi connectivity index (χ0n) is 6.00. The van der Waals surface area contributed by atoms with E-state index in [1.165, 1.54) is 0 Å². The molecule has 1 N–H and O–H groups in total. The third-order valence-corrected chi connectivity index (χ3v) is 1.87. The Morgan fingerprint density at radius 2 is 2.55 bits per heavy atom. The number of hydrogen-bond acceptors (Lipinski definition) is 2. The van der Waals surface area contributed by atoms with Crippen LogP contribution in [0.2, 0.25) is 0 Å². The van der Waals surface area contributed by atoms with E-state index in [0.717, 1.165) is 36.1 Å². The van der Waals surface area contributed by atoms with Gasteiger partial charge in [-0.3, -0.25) is 4.79 Å². The average Bonchev–Trinajstić information content (AvgIpc) is 2.47. The Kier molecular flexibility index (Phi) is 1.35. The van der Waals surface area contributed by atoms with Crippen molar-refractivity contribution >= 4 is 18.3 Å². The first-order chi connectivity index (χ1) is 5.42. The second-order valence-electron chi connectivity index (χ2n) is 2.54. The minimum absolute atomic E-state index is 0.747. The molecule has 1 aliphatic rings. The van der Waals surface area contributed by atoms with Gasteiger partial charge in [0.1, 0.15) is 5.82 Å². The molecule has 0 unspecified atom stereocenters. The molecule has 2 rings (SSSR count). The zero-order chi connectivity index (χ0) is 7.68. The number of nitrogens with zero attached hydrogens (tertiary/aromatic N) is 1. The van der Waals surface area contributed by atoms with Crippen molar-refractivity contribution in [1.82, 2.24) is 4.98 Å². The molecule has 0 aromatic carbocycles. The highest BCUT2D eigenvalue weighted by atomic mass is 16.1. The van der Waals surface area contributed by atoms with Crippen molar-refractivity contribution in [2.75, 3.05) is 0 Å². The fourth-order valence-corrected chi connectivity index (χ4v) is 1.30. The van der Waals surface area contributed by atoms with Crippen molar-refractivity contribution in [3.8, 4) is 0 Å². The maximum Gasteiger partial charge on any atom is 0.151 e. The number of hydrogen-bond donors (Lipinski definition) is 1. The van der Waals surface area contributed by atoms with Crippen LogP contribution in [0.3, 0.4) is 0 Å². The summed E-state index contributed by atoms with van der Waals surface area (Å²) in [7, 11) is 0. The summed E-state index contributed by atoms with van der Waals surface area (Å²) >= 11 is 0. The lowest BCUT2D eigenvalue weighted by atomic mass is 10.1. The number of fused-ring (bicyclic) bond motifs is 1. The highest BCUT2D eigenvalue weighted by molar-refractivity contribution is 5.82.